The first-order valence-corrected chi connectivity index (χ1v) is 5.45. The second kappa shape index (κ2) is 4.37. The van der Waals surface area contributed by atoms with Gasteiger partial charge in [-0.2, -0.15) is 0 Å². The molecular weight excluding hydrogens is 217 g/mol. The Kier molecular flexibility index (Phi) is 3.12. The predicted molar refractivity (Wildman–Crippen MR) is 58.7 cm³/mol. The fourth-order valence-electron chi connectivity index (χ4n) is 1.92. The smallest absolute Gasteiger partial charge is 0.164 e. The molecule has 0 amide bonds. The minimum Gasteiger partial charge on any atom is -0.391 e. The normalized spacial score (nSPS) is 25.5. The van der Waals surface area contributed by atoms with E-state index in [0.717, 1.165) is 19.3 Å². The Hall–Kier alpha value is -0.800. The maximum Gasteiger partial charge on any atom is 0.164 e. The molecule has 1 aliphatic carbocycles. The quantitative estimate of drug-likeness (QED) is 0.818. The van der Waals surface area contributed by atoms with Crippen molar-refractivity contribution in [2.24, 2.45) is 0 Å². The van der Waals surface area contributed by atoms with Crippen molar-refractivity contribution >= 4 is 17.3 Å². The summed E-state index contributed by atoms with van der Waals surface area (Å²) in [5.74, 6) is -0.446. The molecule has 2 N–H and O–H groups in total. The molecule has 15 heavy (non-hydrogen) atoms. The Morgan fingerprint density at radius 1 is 1.40 bits per heavy atom. The lowest BCUT2D eigenvalue weighted by Crippen LogP contribution is -2.28. The van der Waals surface area contributed by atoms with E-state index in [9.17, 15) is 9.50 Å². The highest BCUT2D eigenvalue weighted by Gasteiger charge is 2.25. The van der Waals surface area contributed by atoms with Gasteiger partial charge in [0, 0.05) is 0 Å². The molecule has 1 fully saturated rings. The molecule has 0 unspecified atom stereocenters. The first kappa shape index (κ1) is 10.7. The van der Waals surface area contributed by atoms with Gasteiger partial charge in [0.15, 0.2) is 5.82 Å². The zero-order valence-electron chi connectivity index (χ0n) is 8.21. The van der Waals surface area contributed by atoms with Crippen molar-refractivity contribution < 1.29 is 9.50 Å². The number of halogens is 2. The zero-order valence-corrected chi connectivity index (χ0v) is 8.97. The van der Waals surface area contributed by atoms with Crippen LogP contribution in [0.15, 0.2) is 18.2 Å². The van der Waals surface area contributed by atoms with Gasteiger partial charge in [0.1, 0.15) is 0 Å². The molecule has 1 aliphatic rings. The maximum atomic E-state index is 13.5. The zero-order chi connectivity index (χ0) is 10.8. The van der Waals surface area contributed by atoms with Crippen molar-refractivity contribution in [1.29, 1.82) is 0 Å². The third-order valence-electron chi connectivity index (χ3n) is 2.77. The van der Waals surface area contributed by atoms with E-state index < -0.39 is 5.82 Å². The van der Waals surface area contributed by atoms with E-state index in [2.05, 4.69) is 5.32 Å². The maximum absolute atomic E-state index is 13.5. The summed E-state index contributed by atoms with van der Waals surface area (Å²) in [7, 11) is 0. The molecule has 4 heteroatoms. The standard InChI is InChI=1S/C11H13ClFNO/c12-7-3-1-5-9(11(7)13)14-8-4-2-6-10(8)15/h1,3,5,8,10,14-15H,2,4,6H2/t8-,10-/m0/s1. The second-order valence-corrected chi connectivity index (χ2v) is 4.26. The fraction of sp³-hybridized carbons (Fsp3) is 0.455. The summed E-state index contributed by atoms with van der Waals surface area (Å²) < 4.78 is 13.5. The van der Waals surface area contributed by atoms with E-state index in [-0.39, 0.29) is 17.2 Å². The van der Waals surface area contributed by atoms with Gasteiger partial charge < -0.3 is 10.4 Å². The third kappa shape index (κ3) is 2.24. The van der Waals surface area contributed by atoms with Gasteiger partial charge in [0.2, 0.25) is 0 Å². The van der Waals surface area contributed by atoms with Gasteiger partial charge in [-0.05, 0) is 31.4 Å². The number of benzene rings is 1. The summed E-state index contributed by atoms with van der Waals surface area (Å²) in [6.07, 6.45) is 2.23. The monoisotopic (exact) mass is 229 g/mol. The van der Waals surface area contributed by atoms with Gasteiger partial charge in [-0.25, -0.2) is 4.39 Å². The molecule has 0 aliphatic heterocycles. The summed E-state index contributed by atoms with van der Waals surface area (Å²) in [4.78, 5) is 0. The van der Waals surface area contributed by atoms with Crippen LogP contribution in [0.25, 0.3) is 0 Å². The van der Waals surface area contributed by atoms with E-state index in [4.69, 9.17) is 11.6 Å². The Morgan fingerprint density at radius 2 is 2.20 bits per heavy atom. The second-order valence-electron chi connectivity index (χ2n) is 3.85. The number of anilines is 1. The van der Waals surface area contributed by atoms with Crippen molar-refractivity contribution in [2.45, 2.75) is 31.4 Å². The summed E-state index contributed by atoms with van der Waals surface area (Å²) in [6.45, 7) is 0. The molecule has 0 heterocycles. The summed E-state index contributed by atoms with van der Waals surface area (Å²) >= 11 is 5.66. The molecule has 0 radical (unpaired) electrons. The average Bonchev–Trinajstić information content (AvgIpc) is 2.60. The predicted octanol–water partition coefficient (Wildman–Crippen LogP) is 2.80. The van der Waals surface area contributed by atoms with Crippen LogP contribution < -0.4 is 5.32 Å². The highest BCUT2D eigenvalue weighted by molar-refractivity contribution is 6.31. The molecule has 2 nitrogen and oxygen atoms in total. The van der Waals surface area contributed by atoms with Crippen LogP contribution in [0, 0.1) is 5.82 Å². The first-order chi connectivity index (χ1) is 7.18. The van der Waals surface area contributed by atoms with Crippen LogP contribution in [0.1, 0.15) is 19.3 Å². The van der Waals surface area contributed by atoms with E-state index in [1.807, 2.05) is 0 Å². The summed E-state index contributed by atoms with van der Waals surface area (Å²) in [6, 6.07) is 4.77. The third-order valence-corrected chi connectivity index (χ3v) is 3.06. The van der Waals surface area contributed by atoms with Crippen LogP contribution in [0.3, 0.4) is 0 Å². The van der Waals surface area contributed by atoms with Gasteiger partial charge in [-0.1, -0.05) is 17.7 Å². The van der Waals surface area contributed by atoms with Crippen LogP contribution in [-0.4, -0.2) is 17.3 Å². The van der Waals surface area contributed by atoms with Crippen LogP contribution in [0.5, 0.6) is 0 Å². The van der Waals surface area contributed by atoms with E-state index in [1.165, 1.54) is 6.07 Å². The van der Waals surface area contributed by atoms with Gasteiger partial charge in [-0.15, -0.1) is 0 Å². The van der Waals surface area contributed by atoms with Crippen molar-refractivity contribution in [3.05, 3.63) is 29.0 Å². The van der Waals surface area contributed by atoms with Crippen LogP contribution in [0.4, 0.5) is 10.1 Å². The molecule has 2 atom stereocenters. The highest BCUT2D eigenvalue weighted by Crippen LogP contribution is 2.27. The van der Waals surface area contributed by atoms with Gasteiger partial charge in [0.05, 0.1) is 22.9 Å². The number of nitrogens with one attached hydrogen (secondary N) is 1. The molecular formula is C11H13ClFNO. The largest absolute Gasteiger partial charge is 0.391 e. The van der Waals surface area contributed by atoms with Crippen molar-refractivity contribution in [3.63, 3.8) is 0 Å². The minimum absolute atomic E-state index is 0.0574. The summed E-state index contributed by atoms with van der Waals surface area (Å²) in [5.41, 5.74) is 0.369. The van der Waals surface area contributed by atoms with E-state index in [0.29, 0.717) is 5.69 Å². The minimum atomic E-state index is -0.446. The molecule has 1 saturated carbocycles. The van der Waals surface area contributed by atoms with Gasteiger partial charge in [0.25, 0.3) is 0 Å². The van der Waals surface area contributed by atoms with Crippen LogP contribution in [0.2, 0.25) is 5.02 Å². The molecule has 0 spiro atoms. The highest BCUT2D eigenvalue weighted by atomic mass is 35.5. The average molecular weight is 230 g/mol. The van der Waals surface area contributed by atoms with Crippen LogP contribution >= 0.6 is 11.6 Å². The lowest BCUT2D eigenvalue weighted by molar-refractivity contribution is 0.171. The van der Waals surface area contributed by atoms with E-state index >= 15 is 0 Å². The summed E-state index contributed by atoms with van der Waals surface area (Å²) in [5, 5.41) is 12.7. The van der Waals surface area contributed by atoms with E-state index in [1.54, 1.807) is 12.1 Å². The number of aliphatic hydroxyl groups excluding tert-OH is 1. The topological polar surface area (TPSA) is 32.3 Å². The van der Waals surface area contributed by atoms with Crippen molar-refractivity contribution in [1.82, 2.24) is 0 Å². The van der Waals surface area contributed by atoms with Gasteiger partial charge in [-0.3, -0.25) is 0 Å². The molecule has 2 rings (SSSR count). The lowest BCUT2D eigenvalue weighted by Gasteiger charge is -2.18. The Labute approximate surface area is 93.1 Å². The van der Waals surface area contributed by atoms with Crippen LogP contribution in [-0.2, 0) is 0 Å². The Balaban J connectivity index is 2.13. The molecule has 0 saturated heterocycles. The molecule has 0 aromatic heterocycles. The molecule has 0 bridgehead atoms. The Bertz CT molecular complexity index is 358. The molecule has 1 aromatic rings. The number of hydrogen-bond acceptors (Lipinski definition) is 2. The lowest BCUT2D eigenvalue weighted by atomic mass is 10.2. The van der Waals surface area contributed by atoms with Crippen molar-refractivity contribution in [3.8, 4) is 0 Å². The van der Waals surface area contributed by atoms with Gasteiger partial charge >= 0.3 is 0 Å². The number of hydrogen-bond donors (Lipinski definition) is 2. The molecule has 1 aromatic carbocycles. The Morgan fingerprint density at radius 3 is 2.87 bits per heavy atom. The number of rotatable bonds is 2. The van der Waals surface area contributed by atoms with Crippen molar-refractivity contribution in [2.75, 3.05) is 5.32 Å². The SMILES string of the molecule is O[C@H]1CCC[C@@H]1Nc1cccc(Cl)c1F. The molecule has 82 valence electrons. The fourth-order valence-corrected chi connectivity index (χ4v) is 2.10. The number of aliphatic hydroxyl groups is 1. The first-order valence-electron chi connectivity index (χ1n) is 5.07.